The molecule has 0 saturated carbocycles. The number of hydrogen-bond donors (Lipinski definition) is 8. The van der Waals surface area contributed by atoms with Crippen LogP contribution in [-0.2, 0) is 36.8 Å². The van der Waals surface area contributed by atoms with E-state index in [-0.39, 0.29) is 25.7 Å². The molecule has 0 spiro atoms. The normalized spacial score (nSPS) is 14.7. The molecule has 14 heteroatoms. The molecule has 5 atom stereocenters. The molecule has 0 aliphatic carbocycles. The zero-order valence-corrected chi connectivity index (χ0v) is 23.6. The van der Waals surface area contributed by atoms with Gasteiger partial charge in [0.2, 0.25) is 23.6 Å². The quantitative estimate of drug-likeness (QED) is 0.113. The van der Waals surface area contributed by atoms with E-state index in [2.05, 4.69) is 30.9 Å². The van der Waals surface area contributed by atoms with Crippen molar-refractivity contribution >= 4 is 40.5 Å². The van der Waals surface area contributed by atoms with Crippen LogP contribution >= 0.6 is 0 Å². The number of hydrogen-bond acceptors (Lipinski definition) is 7. The number of nitrogens with one attached hydrogen (secondary N) is 5. The first-order chi connectivity index (χ1) is 20.0. The lowest BCUT2D eigenvalue weighted by Crippen LogP contribution is -2.59. The summed E-state index contributed by atoms with van der Waals surface area (Å²) < 4.78 is 0. The summed E-state index contributed by atoms with van der Waals surface area (Å²) in [7, 11) is 0. The first-order valence-corrected chi connectivity index (χ1v) is 13.7. The second-order valence-corrected chi connectivity index (χ2v) is 10.3. The summed E-state index contributed by atoms with van der Waals surface area (Å²) in [5.74, 6) is -4.40. The van der Waals surface area contributed by atoms with Gasteiger partial charge >= 0.3 is 5.97 Å². The number of amides is 4. The van der Waals surface area contributed by atoms with Gasteiger partial charge in [0.05, 0.1) is 12.4 Å². The zero-order chi connectivity index (χ0) is 30.8. The maximum Gasteiger partial charge on any atom is 0.326 e. The number of benzene rings is 1. The molecule has 226 valence electrons. The number of carboxylic acids is 1. The fourth-order valence-electron chi connectivity index (χ4n) is 4.50. The second kappa shape index (κ2) is 14.8. The summed E-state index contributed by atoms with van der Waals surface area (Å²) in [5.41, 5.74) is 13.5. The number of carboxylic acid groups (broad SMARTS) is 1. The molecule has 3 aromatic rings. The van der Waals surface area contributed by atoms with Crippen LogP contribution in [0.5, 0.6) is 0 Å². The van der Waals surface area contributed by atoms with Gasteiger partial charge < -0.3 is 42.5 Å². The van der Waals surface area contributed by atoms with Crippen molar-refractivity contribution < 1.29 is 29.1 Å². The number of para-hydroxylation sites is 1. The van der Waals surface area contributed by atoms with Gasteiger partial charge in [-0.25, -0.2) is 9.78 Å². The van der Waals surface area contributed by atoms with E-state index in [0.717, 1.165) is 16.5 Å². The van der Waals surface area contributed by atoms with Gasteiger partial charge in [-0.1, -0.05) is 38.5 Å². The molecule has 2 heterocycles. The molecule has 0 aliphatic heterocycles. The van der Waals surface area contributed by atoms with Crippen LogP contribution in [0.4, 0.5) is 0 Å². The third kappa shape index (κ3) is 8.64. The number of aliphatic carboxylic acids is 1. The van der Waals surface area contributed by atoms with Gasteiger partial charge in [-0.3, -0.25) is 19.2 Å². The molecule has 2 aromatic heterocycles. The fourth-order valence-corrected chi connectivity index (χ4v) is 4.50. The van der Waals surface area contributed by atoms with Crippen molar-refractivity contribution in [2.75, 3.05) is 0 Å². The summed E-state index contributed by atoms with van der Waals surface area (Å²) >= 11 is 0. The number of rotatable bonds is 16. The Hall–Kier alpha value is -4.72. The number of nitrogens with zero attached hydrogens (tertiary/aromatic N) is 1. The number of nitrogens with two attached hydrogens (primary N) is 2. The largest absolute Gasteiger partial charge is 0.480 e. The van der Waals surface area contributed by atoms with Crippen LogP contribution in [0.3, 0.4) is 0 Å². The maximum atomic E-state index is 13.7. The van der Waals surface area contributed by atoms with E-state index in [1.54, 1.807) is 19.3 Å². The minimum absolute atomic E-state index is 0.0869. The highest BCUT2D eigenvalue weighted by Gasteiger charge is 2.33. The molecule has 42 heavy (non-hydrogen) atoms. The highest BCUT2D eigenvalue weighted by Crippen LogP contribution is 2.20. The van der Waals surface area contributed by atoms with Crippen LogP contribution in [0.15, 0.2) is 43.0 Å². The fraction of sp³-hybridized carbons (Fsp3) is 0.429. The van der Waals surface area contributed by atoms with Gasteiger partial charge in [-0.05, 0) is 24.0 Å². The van der Waals surface area contributed by atoms with Crippen molar-refractivity contribution in [2.45, 2.75) is 70.1 Å². The van der Waals surface area contributed by atoms with Crippen molar-refractivity contribution in [3.8, 4) is 0 Å². The minimum atomic E-state index is -1.38. The molecular formula is C28H38N8O6. The second-order valence-electron chi connectivity index (χ2n) is 10.3. The van der Waals surface area contributed by atoms with Crippen LogP contribution in [0.25, 0.3) is 10.9 Å². The molecule has 3 rings (SSSR count). The van der Waals surface area contributed by atoms with Gasteiger partial charge in [-0.2, -0.15) is 0 Å². The van der Waals surface area contributed by atoms with E-state index in [0.29, 0.717) is 12.1 Å². The topological polar surface area (TPSA) is 238 Å². The number of aromatic amines is 2. The lowest BCUT2D eigenvalue weighted by molar-refractivity contribution is -0.143. The molecule has 0 fully saturated rings. The third-order valence-electron chi connectivity index (χ3n) is 7.15. The summed E-state index contributed by atoms with van der Waals surface area (Å²) in [4.78, 5) is 72.8. The molecule has 14 nitrogen and oxygen atoms in total. The average molecular weight is 583 g/mol. The molecule has 4 amide bonds. The summed E-state index contributed by atoms with van der Waals surface area (Å²) in [6, 6.07) is 2.88. The maximum absolute atomic E-state index is 13.7. The van der Waals surface area contributed by atoms with Crippen LogP contribution in [0.2, 0.25) is 0 Å². The first kappa shape index (κ1) is 31.8. The monoisotopic (exact) mass is 582 g/mol. The number of aromatic nitrogens is 3. The number of H-pyrrole nitrogens is 2. The van der Waals surface area contributed by atoms with Crippen LogP contribution in [-0.4, -0.2) is 73.8 Å². The summed E-state index contributed by atoms with van der Waals surface area (Å²) in [6.07, 6.45) is 5.04. The van der Waals surface area contributed by atoms with Crippen molar-refractivity contribution in [3.63, 3.8) is 0 Å². The highest BCUT2D eigenvalue weighted by molar-refractivity contribution is 5.95. The van der Waals surface area contributed by atoms with E-state index in [4.69, 9.17) is 11.5 Å². The van der Waals surface area contributed by atoms with Crippen LogP contribution in [0.1, 0.15) is 44.4 Å². The number of carbonyl (C=O) groups is 5. The molecule has 1 aromatic carbocycles. The molecule has 10 N–H and O–H groups in total. The van der Waals surface area contributed by atoms with Gasteiger partial charge in [0.25, 0.3) is 0 Å². The highest BCUT2D eigenvalue weighted by atomic mass is 16.4. The van der Waals surface area contributed by atoms with Gasteiger partial charge in [-0.15, -0.1) is 0 Å². The Morgan fingerprint density at radius 3 is 2.33 bits per heavy atom. The van der Waals surface area contributed by atoms with Crippen LogP contribution in [0, 0.1) is 5.92 Å². The SMILES string of the molecule is CCC(C)C(NC(=O)C(Cc1c[nH]c2ccccc12)NC(=O)C(N)Cc1cnc[nH]1)C(=O)NC(CCC(N)=O)C(=O)O. The van der Waals surface area contributed by atoms with Crippen molar-refractivity contribution in [3.05, 3.63) is 54.2 Å². The van der Waals surface area contributed by atoms with Gasteiger partial charge in [0.15, 0.2) is 0 Å². The Kier molecular flexibility index (Phi) is 11.2. The molecule has 0 aliphatic rings. The average Bonchev–Trinajstić information content (AvgIpc) is 3.62. The number of carbonyl (C=O) groups excluding carboxylic acids is 4. The Labute approximate surface area is 242 Å². The molecular weight excluding hydrogens is 544 g/mol. The molecule has 5 unspecified atom stereocenters. The summed E-state index contributed by atoms with van der Waals surface area (Å²) in [6.45, 7) is 3.55. The number of primary amides is 1. The number of fused-ring (bicyclic) bond motifs is 1. The first-order valence-electron chi connectivity index (χ1n) is 13.7. The third-order valence-corrected chi connectivity index (χ3v) is 7.15. The molecule has 0 radical (unpaired) electrons. The molecule has 0 bridgehead atoms. The Balaban J connectivity index is 1.83. The zero-order valence-electron chi connectivity index (χ0n) is 23.6. The standard InChI is InChI=1S/C28H38N8O6/c1-3-15(2)24(27(40)34-21(28(41)42)8-9-23(30)37)36-26(39)22(10-16-12-32-20-7-5-4-6-18(16)20)35-25(38)19(29)11-17-13-31-14-33-17/h4-7,12-15,19,21-22,24,32H,3,8-11,29H2,1-2H3,(H2,30,37)(H,31,33)(H,34,40)(H,35,38)(H,36,39)(H,41,42). The van der Waals surface area contributed by atoms with Gasteiger partial charge in [0, 0.05) is 48.3 Å². The number of imidazole rings is 1. The van der Waals surface area contributed by atoms with E-state index in [1.165, 1.54) is 6.33 Å². The predicted molar refractivity (Wildman–Crippen MR) is 154 cm³/mol. The van der Waals surface area contributed by atoms with E-state index < -0.39 is 59.7 Å². The Morgan fingerprint density at radius 1 is 0.976 bits per heavy atom. The van der Waals surface area contributed by atoms with Crippen LogP contribution < -0.4 is 27.4 Å². The van der Waals surface area contributed by atoms with Crippen molar-refractivity contribution in [2.24, 2.45) is 17.4 Å². The van der Waals surface area contributed by atoms with Gasteiger partial charge in [0.1, 0.15) is 18.1 Å². The van der Waals surface area contributed by atoms with E-state index in [9.17, 15) is 29.1 Å². The Morgan fingerprint density at radius 2 is 1.69 bits per heavy atom. The summed E-state index contributed by atoms with van der Waals surface area (Å²) in [5, 5.41) is 18.2. The van der Waals surface area contributed by atoms with E-state index >= 15 is 0 Å². The van der Waals surface area contributed by atoms with E-state index in [1.807, 2.05) is 31.2 Å². The minimum Gasteiger partial charge on any atom is -0.480 e. The predicted octanol–water partition coefficient (Wildman–Crippen LogP) is -0.146. The molecule has 0 saturated heterocycles. The van der Waals surface area contributed by atoms with Crippen molar-refractivity contribution in [1.29, 1.82) is 0 Å². The lowest BCUT2D eigenvalue weighted by atomic mass is 9.96. The Bertz CT molecular complexity index is 1390. The smallest absolute Gasteiger partial charge is 0.326 e. The lowest BCUT2D eigenvalue weighted by Gasteiger charge is -2.28. The van der Waals surface area contributed by atoms with Crippen molar-refractivity contribution in [1.82, 2.24) is 30.9 Å².